The molecule has 0 aliphatic carbocycles. The molecule has 0 spiro atoms. The lowest BCUT2D eigenvalue weighted by molar-refractivity contribution is -0.137. The highest BCUT2D eigenvalue weighted by atomic mass is 32.2. The van der Waals surface area contributed by atoms with E-state index in [0.717, 1.165) is 17.7 Å². The molecule has 0 saturated carbocycles. The largest absolute Gasteiger partial charge is 0.492 e. The number of rotatable bonds is 8. The molecule has 0 aromatic heterocycles. The Hall–Kier alpha value is -2.14. The van der Waals surface area contributed by atoms with Crippen LogP contribution in [0.25, 0.3) is 0 Å². The number of nitrogens with zero attached hydrogens (tertiary/aromatic N) is 2. The first-order chi connectivity index (χ1) is 14.7. The number of halogens is 3. The van der Waals surface area contributed by atoms with Crippen molar-refractivity contribution in [3.05, 3.63) is 59.7 Å². The maximum Gasteiger partial charge on any atom is 0.416 e. The van der Waals surface area contributed by atoms with Gasteiger partial charge < -0.3 is 9.47 Å². The minimum atomic E-state index is -4.34. The quantitative estimate of drug-likeness (QED) is 0.608. The van der Waals surface area contributed by atoms with E-state index in [-0.39, 0.29) is 4.90 Å². The molecule has 3 rings (SSSR count). The van der Waals surface area contributed by atoms with Crippen LogP contribution in [-0.4, -0.2) is 64.1 Å². The lowest BCUT2D eigenvalue weighted by Crippen LogP contribution is -2.40. The number of benzene rings is 2. The molecule has 10 heteroatoms. The summed E-state index contributed by atoms with van der Waals surface area (Å²) in [6.45, 7) is 2.85. The third kappa shape index (κ3) is 6.42. The van der Waals surface area contributed by atoms with Crippen LogP contribution in [-0.2, 0) is 27.5 Å². The monoisotopic (exact) mass is 458 g/mol. The Balaban J connectivity index is 1.47. The van der Waals surface area contributed by atoms with Crippen LogP contribution in [0.3, 0.4) is 0 Å². The molecule has 0 radical (unpaired) electrons. The fraction of sp³-hybridized carbons (Fsp3) is 0.429. The molecule has 0 amide bonds. The van der Waals surface area contributed by atoms with Crippen LogP contribution < -0.4 is 4.74 Å². The van der Waals surface area contributed by atoms with Crippen molar-refractivity contribution in [1.82, 2.24) is 9.21 Å². The summed E-state index contributed by atoms with van der Waals surface area (Å²) in [7, 11) is -1.69. The SMILES string of the molecule is CN(CCOc1ccc(S(=O)(=O)N2CCOCC2)cc1)Cc1ccc(C(F)(F)F)cc1. The molecular formula is C21H25F3N2O4S. The van der Waals surface area contributed by atoms with Crippen LogP contribution in [0, 0.1) is 0 Å². The zero-order chi connectivity index (χ0) is 22.5. The van der Waals surface area contributed by atoms with Crippen LogP contribution in [0.15, 0.2) is 53.4 Å². The highest BCUT2D eigenvalue weighted by Gasteiger charge is 2.30. The Kier molecular flexibility index (Phi) is 7.58. The maximum absolute atomic E-state index is 12.6. The third-order valence-electron chi connectivity index (χ3n) is 4.91. The number of alkyl halides is 3. The highest BCUT2D eigenvalue weighted by Crippen LogP contribution is 2.29. The van der Waals surface area contributed by atoms with Crippen LogP contribution in [0.1, 0.15) is 11.1 Å². The van der Waals surface area contributed by atoms with Crippen molar-refractivity contribution >= 4 is 10.0 Å². The van der Waals surface area contributed by atoms with Gasteiger partial charge in [0.15, 0.2) is 0 Å². The Morgan fingerprint density at radius 1 is 1.03 bits per heavy atom. The van der Waals surface area contributed by atoms with Gasteiger partial charge in [-0.1, -0.05) is 12.1 Å². The molecule has 6 nitrogen and oxygen atoms in total. The van der Waals surface area contributed by atoms with E-state index >= 15 is 0 Å². The van der Waals surface area contributed by atoms with Gasteiger partial charge in [0.1, 0.15) is 12.4 Å². The standard InChI is InChI=1S/C21H25F3N2O4S/c1-25(16-17-2-4-18(5-3-17)21(22,23)24)10-15-30-19-6-8-20(9-7-19)31(27,28)26-11-13-29-14-12-26/h2-9H,10-16H2,1H3. The average Bonchev–Trinajstić information content (AvgIpc) is 2.74. The molecule has 1 heterocycles. The van der Waals surface area contributed by atoms with Gasteiger partial charge in [0.25, 0.3) is 0 Å². The van der Waals surface area contributed by atoms with Gasteiger partial charge in [-0.05, 0) is 49.0 Å². The van der Waals surface area contributed by atoms with E-state index in [1.165, 1.54) is 28.6 Å². The Morgan fingerprint density at radius 3 is 2.23 bits per heavy atom. The number of hydrogen-bond donors (Lipinski definition) is 0. The van der Waals surface area contributed by atoms with Gasteiger partial charge in [0.05, 0.1) is 23.7 Å². The molecule has 1 aliphatic heterocycles. The van der Waals surface area contributed by atoms with E-state index in [4.69, 9.17) is 9.47 Å². The van der Waals surface area contributed by atoms with Crippen molar-refractivity contribution in [1.29, 1.82) is 0 Å². The van der Waals surface area contributed by atoms with Gasteiger partial charge in [0, 0.05) is 26.2 Å². The highest BCUT2D eigenvalue weighted by molar-refractivity contribution is 7.89. The van der Waals surface area contributed by atoms with Crippen molar-refractivity contribution in [3.63, 3.8) is 0 Å². The molecule has 0 bridgehead atoms. The van der Waals surface area contributed by atoms with E-state index in [2.05, 4.69) is 0 Å². The summed E-state index contributed by atoms with van der Waals surface area (Å²) in [4.78, 5) is 2.14. The van der Waals surface area contributed by atoms with Gasteiger partial charge in [-0.3, -0.25) is 4.90 Å². The number of ether oxygens (including phenoxy) is 2. The zero-order valence-electron chi connectivity index (χ0n) is 17.1. The van der Waals surface area contributed by atoms with Gasteiger partial charge in [-0.2, -0.15) is 17.5 Å². The number of hydrogen-bond acceptors (Lipinski definition) is 5. The minimum Gasteiger partial charge on any atom is -0.492 e. The van der Waals surface area contributed by atoms with Crippen LogP contribution in [0.2, 0.25) is 0 Å². The molecule has 31 heavy (non-hydrogen) atoms. The first-order valence-corrected chi connectivity index (χ1v) is 11.3. The second-order valence-electron chi connectivity index (χ2n) is 7.27. The second-order valence-corrected chi connectivity index (χ2v) is 9.21. The fourth-order valence-electron chi connectivity index (χ4n) is 3.15. The minimum absolute atomic E-state index is 0.209. The summed E-state index contributed by atoms with van der Waals surface area (Å²) in [5.41, 5.74) is 0.106. The van der Waals surface area contributed by atoms with Crippen molar-refractivity contribution in [2.75, 3.05) is 46.5 Å². The topological polar surface area (TPSA) is 59.1 Å². The van der Waals surface area contributed by atoms with Crippen molar-refractivity contribution in [2.45, 2.75) is 17.6 Å². The average molecular weight is 459 g/mol. The van der Waals surface area contributed by atoms with Gasteiger partial charge in [0.2, 0.25) is 10.0 Å². The first kappa shape index (κ1) is 23.5. The molecule has 0 N–H and O–H groups in total. The smallest absolute Gasteiger partial charge is 0.416 e. The lowest BCUT2D eigenvalue weighted by Gasteiger charge is -2.26. The molecule has 1 saturated heterocycles. The number of sulfonamides is 1. The number of likely N-dealkylation sites (N-methyl/N-ethyl adjacent to an activating group) is 1. The fourth-order valence-corrected chi connectivity index (χ4v) is 4.56. The van der Waals surface area contributed by atoms with Gasteiger partial charge >= 0.3 is 6.18 Å². The van der Waals surface area contributed by atoms with Crippen molar-refractivity contribution in [2.24, 2.45) is 0 Å². The van der Waals surface area contributed by atoms with Crippen molar-refractivity contribution in [3.8, 4) is 5.75 Å². The first-order valence-electron chi connectivity index (χ1n) is 9.82. The summed E-state index contributed by atoms with van der Waals surface area (Å²) >= 11 is 0. The normalized spacial score (nSPS) is 15.9. The van der Waals surface area contributed by atoms with Crippen molar-refractivity contribution < 1.29 is 31.1 Å². The van der Waals surface area contributed by atoms with Crippen LogP contribution >= 0.6 is 0 Å². The number of morpholine rings is 1. The summed E-state index contributed by atoms with van der Waals surface area (Å²) in [6.07, 6.45) is -4.34. The van der Waals surface area contributed by atoms with E-state index in [1.807, 2.05) is 11.9 Å². The summed E-state index contributed by atoms with van der Waals surface area (Å²) < 4.78 is 75.4. The molecule has 2 aromatic carbocycles. The van der Waals surface area contributed by atoms with E-state index < -0.39 is 21.8 Å². The zero-order valence-corrected chi connectivity index (χ0v) is 18.0. The molecule has 0 atom stereocenters. The van der Waals surface area contributed by atoms with Gasteiger partial charge in [-0.25, -0.2) is 8.42 Å². The van der Waals surface area contributed by atoms with Crippen LogP contribution in [0.4, 0.5) is 13.2 Å². The summed E-state index contributed by atoms with van der Waals surface area (Å²) in [5.74, 6) is 0.545. The van der Waals surface area contributed by atoms with Gasteiger partial charge in [-0.15, -0.1) is 0 Å². The Morgan fingerprint density at radius 2 is 1.65 bits per heavy atom. The maximum atomic E-state index is 12.6. The predicted octanol–water partition coefficient (Wildman–Crippen LogP) is 3.24. The van der Waals surface area contributed by atoms with E-state index in [1.54, 1.807) is 12.1 Å². The molecule has 0 unspecified atom stereocenters. The Labute approximate surface area is 180 Å². The van der Waals surface area contributed by atoms with E-state index in [0.29, 0.717) is 51.7 Å². The lowest BCUT2D eigenvalue weighted by atomic mass is 10.1. The Bertz CT molecular complexity index is 942. The molecule has 1 aliphatic rings. The third-order valence-corrected chi connectivity index (χ3v) is 6.82. The molecular weight excluding hydrogens is 433 g/mol. The molecule has 170 valence electrons. The second kappa shape index (κ2) is 9.99. The summed E-state index contributed by atoms with van der Waals surface area (Å²) in [6, 6.07) is 11.4. The molecule has 1 fully saturated rings. The van der Waals surface area contributed by atoms with Crippen LogP contribution in [0.5, 0.6) is 5.75 Å². The van der Waals surface area contributed by atoms with E-state index in [9.17, 15) is 21.6 Å². The summed E-state index contributed by atoms with van der Waals surface area (Å²) in [5, 5.41) is 0. The predicted molar refractivity (Wildman–Crippen MR) is 109 cm³/mol. The molecule has 2 aromatic rings.